The van der Waals surface area contributed by atoms with Crippen molar-refractivity contribution in [3.63, 3.8) is 0 Å². The van der Waals surface area contributed by atoms with Gasteiger partial charge in [0.15, 0.2) is 11.9 Å². The Hall–Kier alpha value is -1.88. The minimum Gasteiger partial charge on any atom is -0.455 e. The van der Waals surface area contributed by atoms with Gasteiger partial charge in [-0.25, -0.2) is 0 Å². The summed E-state index contributed by atoms with van der Waals surface area (Å²) in [5.74, 6) is -0.866. The molecule has 0 aliphatic carbocycles. The Morgan fingerprint density at radius 3 is 2.43 bits per heavy atom. The van der Waals surface area contributed by atoms with Crippen LogP contribution in [-0.4, -0.2) is 30.3 Å². The third-order valence-electron chi connectivity index (χ3n) is 2.83. The molecule has 0 saturated heterocycles. The number of rotatable bonds is 7. The minimum atomic E-state index is -0.721. The predicted molar refractivity (Wildman–Crippen MR) is 79.3 cm³/mol. The average molecular weight is 312 g/mol. The van der Waals surface area contributed by atoms with Crippen LogP contribution in [0.4, 0.5) is 0 Å². The molecule has 0 saturated carbocycles. The summed E-state index contributed by atoms with van der Waals surface area (Å²) in [5, 5.41) is 3.26. The Kier molecular flexibility index (Phi) is 6.88. The highest BCUT2D eigenvalue weighted by Gasteiger charge is 2.13. The lowest BCUT2D eigenvalue weighted by Crippen LogP contribution is -2.26. The number of amides is 1. The number of ether oxygens (including phenoxy) is 1. The van der Waals surface area contributed by atoms with Gasteiger partial charge in [0.2, 0.25) is 0 Å². The van der Waals surface area contributed by atoms with Crippen LogP contribution in [-0.2, 0) is 14.3 Å². The van der Waals surface area contributed by atoms with E-state index in [-0.39, 0.29) is 18.1 Å². The summed E-state index contributed by atoms with van der Waals surface area (Å²) >= 11 is 5.73. The second-order valence-corrected chi connectivity index (χ2v) is 5.05. The van der Waals surface area contributed by atoms with E-state index >= 15 is 0 Å². The molecule has 0 fully saturated rings. The molecule has 1 unspecified atom stereocenters. The molecule has 0 bridgehead atoms. The Morgan fingerprint density at radius 1 is 1.24 bits per heavy atom. The first-order chi connectivity index (χ1) is 9.90. The van der Waals surface area contributed by atoms with Crippen molar-refractivity contribution in [1.29, 1.82) is 0 Å². The first kappa shape index (κ1) is 17.2. The average Bonchev–Trinajstić information content (AvgIpc) is 2.44. The third kappa shape index (κ3) is 6.40. The third-order valence-corrected chi connectivity index (χ3v) is 3.08. The molecule has 114 valence electrons. The van der Waals surface area contributed by atoms with Crippen molar-refractivity contribution in [3.05, 3.63) is 34.9 Å². The van der Waals surface area contributed by atoms with Crippen LogP contribution in [0, 0.1) is 0 Å². The van der Waals surface area contributed by atoms with Crippen LogP contribution in [0.25, 0.3) is 0 Å². The number of nitrogens with one attached hydrogen (secondary N) is 1. The van der Waals surface area contributed by atoms with Crippen LogP contribution in [0.1, 0.15) is 37.0 Å². The van der Waals surface area contributed by atoms with Crippen LogP contribution >= 0.6 is 11.6 Å². The molecule has 6 heteroatoms. The molecule has 1 atom stereocenters. The van der Waals surface area contributed by atoms with Crippen LogP contribution in [0.15, 0.2) is 24.3 Å². The zero-order chi connectivity index (χ0) is 15.8. The molecule has 0 heterocycles. The SMILES string of the molecule is CC(=O)C(C)OC(=O)CCCNC(=O)c1ccc(Cl)cc1. The summed E-state index contributed by atoms with van der Waals surface area (Å²) < 4.78 is 4.90. The lowest BCUT2D eigenvalue weighted by molar-refractivity contribution is -0.153. The van der Waals surface area contributed by atoms with Crippen molar-refractivity contribution in [1.82, 2.24) is 5.32 Å². The van der Waals surface area contributed by atoms with E-state index in [1.165, 1.54) is 13.8 Å². The number of ketones is 1. The fourth-order valence-electron chi connectivity index (χ4n) is 1.48. The zero-order valence-corrected chi connectivity index (χ0v) is 12.8. The predicted octanol–water partition coefficient (Wildman–Crippen LogP) is 2.37. The lowest BCUT2D eigenvalue weighted by atomic mass is 10.2. The van der Waals surface area contributed by atoms with Gasteiger partial charge in [-0.3, -0.25) is 14.4 Å². The van der Waals surface area contributed by atoms with Gasteiger partial charge in [-0.2, -0.15) is 0 Å². The summed E-state index contributed by atoms with van der Waals surface area (Å²) in [7, 11) is 0. The van der Waals surface area contributed by atoms with Crippen LogP contribution in [0.2, 0.25) is 5.02 Å². The number of carbonyl (C=O) groups excluding carboxylic acids is 3. The van der Waals surface area contributed by atoms with Gasteiger partial charge in [-0.1, -0.05) is 11.6 Å². The van der Waals surface area contributed by atoms with E-state index in [9.17, 15) is 14.4 Å². The van der Waals surface area contributed by atoms with Crippen molar-refractivity contribution >= 4 is 29.3 Å². The molecule has 0 radical (unpaired) electrons. The number of esters is 1. The fraction of sp³-hybridized carbons (Fsp3) is 0.400. The fourth-order valence-corrected chi connectivity index (χ4v) is 1.60. The maximum Gasteiger partial charge on any atom is 0.306 e. The standard InChI is InChI=1S/C15H18ClNO4/c1-10(18)11(2)21-14(19)4-3-9-17-15(20)12-5-7-13(16)8-6-12/h5-8,11H,3-4,9H2,1-2H3,(H,17,20). The van der Waals surface area contributed by atoms with Gasteiger partial charge < -0.3 is 10.1 Å². The molecule has 0 aromatic heterocycles. The Bertz CT molecular complexity index is 513. The summed E-state index contributed by atoms with van der Waals surface area (Å²) in [6.07, 6.45) is -0.123. The number of Topliss-reactive ketones (excluding diaryl/α,β-unsaturated/α-hetero) is 1. The van der Waals surface area contributed by atoms with Crippen molar-refractivity contribution < 1.29 is 19.1 Å². The van der Waals surface area contributed by atoms with Crippen LogP contribution < -0.4 is 5.32 Å². The van der Waals surface area contributed by atoms with E-state index < -0.39 is 12.1 Å². The number of hydrogen-bond donors (Lipinski definition) is 1. The minimum absolute atomic E-state index is 0.151. The van der Waals surface area contributed by atoms with Crippen LogP contribution in [0.5, 0.6) is 0 Å². The summed E-state index contributed by atoms with van der Waals surface area (Å²) in [6.45, 7) is 3.25. The summed E-state index contributed by atoms with van der Waals surface area (Å²) in [4.78, 5) is 34.1. The van der Waals surface area contributed by atoms with E-state index in [0.717, 1.165) is 0 Å². The molecule has 0 aliphatic heterocycles. The Labute approximate surface area is 128 Å². The highest BCUT2D eigenvalue weighted by atomic mass is 35.5. The van der Waals surface area contributed by atoms with E-state index in [0.29, 0.717) is 23.6 Å². The number of carbonyl (C=O) groups is 3. The highest BCUT2D eigenvalue weighted by Crippen LogP contribution is 2.09. The molecule has 0 spiro atoms. The van der Waals surface area contributed by atoms with Gasteiger partial charge in [0.25, 0.3) is 5.91 Å². The van der Waals surface area contributed by atoms with Crippen molar-refractivity contribution in [2.24, 2.45) is 0 Å². The Morgan fingerprint density at radius 2 is 1.86 bits per heavy atom. The molecule has 21 heavy (non-hydrogen) atoms. The number of halogens is 1. The number of hydrogen-bond acceptors (Lipinski definition) is 4. The van der Waals surface area contributed by atoms with E-state index in [1.807, 2.05) is 0 Å². The van der Waals surface area contributed by atoms with Crippen LogP contribution in [0.3, 0.4) is 0 Å². The largest absolute Gasteiger partial charge is 0.455 e. The van der Waals surface area contributed by atoms with Crippen molar-refractivity contribution in [2.75, 3.05) is 6.54 Å². The Balaban J connectivity index is 2.25. The van der Waals surface area contributed by atoms with Gasteiger partial charge in [0.1, 0.15) is 0 Å². The second-order valence-electron chi connectivity index (χ2n) is 4.61. The second kappa shape index (κ2) is 8.42. The molecular formula is C15H18ClNO4. The van der Waals surface area contributed by atoms with Crippen molar-refractivity contribution in [2.45, 2.75) is 32.8 Å². The van der Waals surface area contributed by atoms with Gasteiger partial charge in [-0.15, -0.1) is 0 Å². The molecule has 5 nitrogen and oxygen atoms in total. The zero-order valence-electron chi connectivity index (χ0n) is 12.0. The normalized spacial score (nSPS) is 11.6. The molecule has 1 N–H and O–H groups in total. The molecule has 1 aromatic carbocycles. The topological polar surface area (TPSA) is 72.5 Å². The van der Waals surface area contributed by atoms with Gasteiger partial charge in [0.05, 0.1) is 0 Å². The van der Waals surface area contributed by atoms with E-state index in [2.05, 4.69) is 5.32 Å². The quantitative estimate of drug-likeness (QED) is 0.620. The molecule has 1 rings (SSSR count). The highest BCUT2D eigenvalue weighted by molar-refractivity contribution is 6.30. The monoisotopic (exact) mass is 311 g/mol. The van der Waals surface area contributed by atoms with E-state index in [4.69, 9.17) is 16.3 Å². The molecule has 1 amide bonds. The smallest absolute Gasteiger partial charge is 0.306 e. The lowest BCUT2D eigenvalue weighted by Gasteiger charge is -2.10. The molecular weight excluding hydrogens is 294 g/mol. The number of benzene rings is 1. The molecule has 1 aromatic rings. The first-order valence-corrected chi connectivity index (χ1v) is 7.01. The summed E-state index contributed by atoms with van der Waals surface area (Å²) in [5.41, 5.74) is 0.507. The summed E-state index contributed by atoms with van der Waals surface area (Å²) in [6, 6.07) is 6.52. The maximum atomic E-state index is 11.8. The first-order valence-electron chi connectivity index (χ1n) is 6.64. The van der Waals surface area contributed by atoms with Crippen molar-refractivity contribution in [3.8, 4) is 0 Å². The molecule has 0 aliphatic rings. The van der Waals surface area contributed by atoms with Gasteiger partial charge in [0, 0.05) is 23.6 Å². The maximum absolute atomic E-state index is 11.8. The van der Waals surface area contributed by atoms with Gasteiger partial charge >= 0.3 is 5.97 Å². The van der Waals surface area contributed by atoms with E-state index in [1.54, 1.807) is 24.3 Å². The van der Waals surface area contributed by atoms with Gasteiger partial charge in [-0.05, 0) is 44.5 Å².